The second-order valence-corrected chi connectivity index (χ2v) is 2.32. The van der Waals surface area contributed by atoms with Crippen molar-refractivity contribution in [1.29, 1.82) is 0 Å². The van der Waals surface area contributed by atoms with Gasteiger partial charge in [0, 0.05) is 6.20 Å². The van der Waals surface area contributed by atoms with Crippen LogP contribution in [0.4, 0.5) is 0 Å². The van der Waals surface area contributed by atoms with E-state index < -0.39 is 17.5 Å². The molecular formula is C7H8N2O4. The minimum absolute atomic E-state index is 0.108. The zero-order valence-electron chi connectivity index (χ0n) is 6.93. The van der Waals surface area contributed by atoms with Crippen LogP contribution in [0.3, 0.4) is 0 Å². The molecule has 6 nitrogen and oxygen atoms in total. The molecule has 0 aromatic heterocycles. The second kappa shape index (κ2) is 3.34. The summed E-state index contributed by atoms with van der Waals surface area (Å²) in [6, 6.07) is 0. The Morgan fingerprint density at radius 1 is 1.62 bits per heavy atom. The highest BCUT2D eigenvalue weighted by atomic mass is 16.5. The molecule has 0 saturated heterocycles. The number of nitrogens with zero attached hydrogens (tertiary/aromatic N) is 2. The van der Waals surface area contributed by atoms with E-state index in [1.54, 1.807) is 6.92 Å². The van der Waals surface area contributed by atoms with Crippen molar-refractivity contribution in [1.82, 2.24) is 0 Å². The number of azo groups is 1. The molecule has 0 aliphatic carbocycles. The van der Waals surface area contributed by atoms with E-state index in [1.165, 1.54) is 0 Å². The highest BCUT2D eigenvalue weighted by Crippen LogP contribution is 2.21. The maximum Gasteiger partial charge on any atom is 0.351 e. The first-order chi connectivity index (χ1) is 6.13. The van der Waals surface area contributed by atoms with E-state index in [-0.39, 0.29) is 6.61 Å². The van der Waals surface area contributed by atoms with Crippen molar-refractivity contribution in [3.8, 4) is 0 Å². The van der Waals surface area contributed by atoms with Crippen LogP contribution in [0, 0.1) is 0 Å². The zero-order valence-corrected chi connectivity index (χ0v) is 6.93. The van der Waals surface area contributed by atoms with Gasteiger partial charge in [-0.15, -0.1) is 0 Å². The van der Waals surface area contributed by atoms with Crippen molar-refractivity contribution in [2.45, 2.75) is 12.5 Å². The molecule has 6 heteroatoms. The number of hydrogen-bond donors (Lipinski definition) is 1. The summed E-state index contributed by atoms with van der Waals surface area (Å²) in [6.45, 7) is 1.69. The lowest BCUT2D eigenvalue weighted by molar-refractivity contribution is -0.157. The Balaban J connectivity index is 2.93. The van der Waals surface area contributed by atoms with E-state index >= 15 is 0 Å². The third-order valence-corrected chi connectivity index (χ3v) is 1.51. The third kappa shape index (κ3) is 1.42. The fraction of sp³-hybridized carbons (Fsp3) is 0.429. The monoisotopic (exact) mass is 184 g/mol. The Hall–Kier alpha value is -1.72. The number of carboxylic acid groups (broad SMARTS) is 1. The Labute approximate surface area is 73.9 Å². The minimum atomic E-state index is -1.96. The molecule has 0 bridgehead atoms. The lowest BCUT2D eigenvalue weighted by Crippen LogP contribution is -2.43. The summed E-state index contributed by atoms with van der Waals surface area (Å²) in [5, 5.41) is 15.4. The average Bonchev–Trinajstić information content (AvgIpc) is 2.53. The molecule has 0 fully saturated rings. The Morgan fingerprint density at radius 2 is 2.31 bits per heavy atom. The molecule has 1 unspecified atom stereocenters. The van der Waals surface area contributed by atoms with Crippen LogP contribution in [0.25, 0.3) is 0 Å². The molecule has 0 saturated carbocycles. The van der Waals surface area contributed by atoms with Gasteiger partial charge in [-0.3, -0.25) is 0 Å². The molecule has 0 radical (unpaired) electrons. The van der Waals surface area contributed by atoms with E-state index in [9.17, 15) is 9.59 Å². The predicted molar refractivity (Wildman–Crippen MR) is 41.0 cm³/mol. The molecule has 0 spiro atoms. The van der Waals surface area contributed by atoms with Crippen LogP contribution < -0.4 is 0 Å². The van der Waals surface area contributed by atoms with E-state index in [2.05, 4.69) is 15.0 Å². The summed E-state index contributed by atoms with van der Waals surface area (Å²) in [7, 11) is 0. The molecule has 1 aliphatic rings. The summed E-state index contributed by atoms with van der Waals surface area (Å²) in [5.41, 5.74) is -1.96. The summed E-state index contributed by atoms with van der Waals surface area (Å²) < 4.78 is 4.57. The SMILES string of the molecule is CCOC(=O)C1(C(=O)O)C=CN=N1. The fourth-order valence-corrected chi connectivity index (χ4v) is 0.850. The van der Waals surface area contributed by atoms with Gasteiger partial charge in [-0.05, 0) is 13.0 Å². The molecule has 1 aliphatic heterocycles. The fourth-order valence-electron chi connectivity index (χ4n) is 0.850. The van der Waals surface area contributed by atoms with Crippen LogP contribution in [0.2, 0.25) is 0 Å². The number of carbonyl (C=O) groups is 2. The molecule has 0 aromatic rings. The lowest BCUT2D eigenvalue weighted by atomic mass is 10.0. The van der Waals surface area contributed by atoms with Crippen LogP contribution >= 0.6 is 0 Å². The normalized spacial score (nSPS) is 24.7. The summed E-state index contributed by atoms with van der Waals surface area (Å²) >= 11 is 0. The van der Waals surface area contributed by atoms with E-state index in [1.807, 2.05) is 0 Å². The smallest absolute Gasteiger partial charge is 0.351 e. The van der Waals surface area contributed by atoms with Gasteiger partial charge in [0.15, 0.2) is 0 Å². The Morgan fingerprint density at radius 3 is 2.69 bits per heavy atom. The summed E-state index contributed by atoms with van der Waals surface area (Å²) in [6.07, 6.45) is 2.25. The second-order valence-electron chi connectivity index (χ2n) is 2.32. The molecule has 13 heavy (non-hydrogen) atoms. The Bertz CT molecular complexity index is 283. The van der Waals surface area contributed by atoms with Crippen molar-refractivity contribution in [3.05, 3.63) is 12.3 Å². The summed E-state index contributed by atoms with van der Waals surface area (Å²) in [4.78, 5) is 21.9. The van der Waals surface area contributed by atoms with Crippen molar-refractivity contribution in [2.75, 3.05) is 6.61 Å². The van der Waals surface area contributed by atoms with Crippen molar-refractivity contribution < 1.29 is 19.4 Å². The van der Waals surface area contributed by atoms with Gasteiger partial charge in [0.05, 0.1) is 6.61 Å². The van der Waals surface area contributed by atoms with Crippen LogP contribution in [0.5, 0.6) is 0 Å². The Kier molecular flexibility index (Phi) is 2.41. The van der Waals surface area contributed by atoms with Gasteiger partial charge in [0.1, 0.15) is 0 Å². The van der Waals surface area contributed by atoms with E-state index in [0.717, 1.165) is 12.3 Å². The van der Waals surface area contributed by atoms with Crippen LogP contribution in [-0.2, 0) is 14.3 Å². The van der Waals surface area contributed by atoms with Crippen molar-refractivity contribution >= 4 is 11.9 Å². The van der Waals surface area contributed by atoms with Crippen molar-refractivity contribution in [3.63, 3.8) is 0 Å². The van der Waals surface area contributed by atoms with Gasteiger partial charge in [0.2, 0.25) is 0 Å². The number of rotatable bonds is 3. The molecule has 1 atom stereocenters. The minimum Gasteiger partial charge on any atom is -0.479 e. The molecule has 1 heterocycles. The zero-order chi connectivity index (χ0) is 9.90. The number of esters is 1. The number of ether oxygens (including phenoxy) is 1. The molecule has 1 N–H and O–H groups in total. The van der Waals surface area contributed by atoms with Gasteiger partial charge in [-0.2, -0.15) is 10.2 Å². The molecule has 0 aromatic carbocycles. The van der Waals surface area contributed by atoms with Gasteiger partial charge in [-0.25, -0.2) is 9.59 Å². The largest absolute Gasteiger partial charge is 0.479 e. The van der Waals surface area contributed by atoms with Gasteiger partial charge in [-0.1, -0.05) is 0 Å². The first kappa shape index (κ1) is 9.37. The van der Waals surface area contributed by atoms with Crippen LogP contribution in [0.1, 0.15) is 6.92 Å². The predicted octanol–water partition coefficient (Wildman–Crippen LogP) is 0.352. The molecular weight excluding hydrogens is 176 g/mol. The lowest BCUT2D eigenvalue weighted by Gasteiger charge is -2.14. The maximum absolute atomic E-state index is 11.2. The van der Waals surface area contributed by atoms with Gasteiger partial charge < -0.3 is 9.84 Å². The number of aliphatic carboxylic acids is 1. The highest BCUT2D eigenvalue weighted by Gasteiger charge is 2.48. The van der Waals surface area contributed by atoms with Crippen LogP contribution in [0.15, 0.2) is 22.5 Å². The first-order valence-corrected chi connectivity index (χ1v) is 3.64. The maximum atomic E-state index is 11.2. The van der Waals surface area contributed by atoms with Crippen LogP contribution in [-0.4, -0.2) is 29.2 Å². The van der Waals surface area contributed by atoms with Crippen molar-refractivity contribution in [2.24, 2.45) is 10.2 Å². The highest BCUT2D eigenvalue weighted by molar-refractivity contribution is 6.07. The quantitative estimate of drug-likeness (QED) is 0.506. The summed E-state index contributed by atoms with van der Waals surface area (Å²) in [5.74, 6) is -2.30. The van der Waals surface area contributed by atoms with E-state index in [0.29, 0.717) is 0 Å². The van der Waals surface area contributed by atoms with E-state index in [4.69, 9.17) is 5.11 Å². The molecule has 1 rings (SSSR count). The van der Waals surface area contributed by atoms with Gasteiger partial charge >= 0.3 is 11.9 Å². The number of carboxylic acids is 1. The molecule has 0 amide bonds. The number of carbonyl (C=O) groups excluding carboxylic acids is 1. The first-order valence-electron chi connectivity index (χ1n) is 3.64. The third-order valence-electron chi connectivity index (χ3n) is 1.51. The topological polar surface area (TPSA) is 88.3 Å². The molecule has 70 valence electrons. The van der Waals surface area contributed by atoms with Gasteiger partial charge in [0.25, 0.3) is 5.54 Å². The average molecular weight is 184 g/mol. The number of hydrogen-bond acceptors (Lipinski definition) is 5. The standard InChI is InChI=1S/C7H8N2O4/c1-2-13-6(12)7(5(10)11)3-4-8-9-7/h3-4H,2H2,1H3,(H,10,11).